The SMILES string of the molecule is O=P(O)(C1CCCCC1)C1CCCCC1.[H-].[H-].[Mg+2]. The Morgan fingerprint density at radius 3 is 1.44 bits per heavy atom. The van der Waals surface area contributed by atoms with Gasteiger partial charge in [0.25, 0.3) is 0 Å². The van der Waals surface area contributed by atoms with Crippen LogP contribution in [0.4, 0.5) is 0 Å². The molecule has 2 nitrogen and oxygen atoms in total. The second-order valence-electron chi connectivity index (χ2n) is 5.26. The van der Waals surface area contributed by atoms with E-state index in [2.05, 4.69) is 0 Å². The van der Waals surface area contributed by atoms with Crippen LogP contribution in [0.1, 0.15) is 67.1 Å². The molecule has 2 aliphatic carbocycles. The monoisotopic (exact) mass is 256 g/mol. The predicted molar refractivity (Wildman–Crippen MR) is 71.5 cm³/mol. The zero-order chi connectivity index (χ0) is 10.7. The molecule has 16 heavy (non-hydrogen) atoms. The average Bonchev–Trinajstić information content (AvgIpc) is 2.31. The third-order valence-electron chi connectivity index (χ3n) is 4.20. The summed E-state index contributed by atoms with van der Waals surface area (Å²) in [6, 6.07) is 0. The fourth-order valence-corrected chi connectivity index (χ4v) is 6.01. The van der Waals surface area contributed by atoms with Crippen molar-refractivity contribution in [3.63, 3.8) is 0 Å². The predicted octanol–water partition coefficient (Wildman–Crippen LogP) is 3.77. The van der Waals surface area contributed by atoms with Crippen LogP contribution in [0.15, 0.2) is 0 Å². The summed E-state index contributed by atoms with van der Waals surface area (Å²) in [6.07, 6.45) is 11.2. The zero-order valence-corrected chi connectivity index (χ0v) is 12.5. The molecular formula is C12H25MgO2P. The quantitative estimate of drug-likeness (QED) is 0.603. The van der Waals surface area contributed by atoms with Crippen molar-refractivity contribution in [1.29, 1.82) is 0 Å². The van der Waals surface area contributed by atoms with E-state index in [4.69, 9.17) is 0 Å². The Balaban J connectivity index is 0. The molecule has 2 saturated carbocycles. The van der Waals surface area contributed by atoms with E-state index < -0.39 is 7.37 Å². The van der Waals surface area contributed by atoms with Gasteiger partial charge in [-0.15, -0.1) is 0 Å². The van der Waals surface area contributed by atoms with Crippen LogP contribution in [0, 0.1) is 0 Å². The van der Waals surface area contributed by atoms with Gasteiger partial charge in [-0.3, -0.25) is 4.57 Å². The first-order chi connectivity index (χ1) is 7.21. The minimum atomic E-state index is -2.84. The maximum Gasteiger partial charge on any atom is 2.00 e. The molecule has 2 rings (SSSR count). The summed E-state index contributed by atoms with van der Waals surface area (Å²) in [4.78, 5) is 10.3. The number of rotatable bonds is 2. The summed E-state index contributed by atoms with van der Waals surface area (Å²) in [5.74, 6) is 0. The molecule has 0 aromatic carbocycles. The van der Waals surface area contributed by atoms with Crippen LogP contribution in [0.3, 0.4) is 0 Å². The number of hydrogen-bond acceptors (Lipinski definition) is 1. The summed E-state index contributed by atoms with van der Waals surface area (Å²) < 4.78 is 12.5. The van der Waals surface area contributed by atoms with Crippen molar-refractivity contribution >= 4 is 30.4 Å². The minimum absolute atomic E-state index is 0. The van der Waals surface area contributed by atoms with Crippen molar-refractivity contribution < 1.29 is 12.3 Å². The molecule has 0 aromatic heterocycles. The molecule has 0 spiro atoms. The molecule has 92 valence electrons. The van der Waals surface area contributed by atoms with Gasteiger partial charge in [-0.05, 0) is 25.7 Å². The average molecular weight is 257 g/mol. The van der Waals surface area contributed by atoms with Crippen molar-refractivity contribution in [3.05, 3.63) is 0 Å². The Morgan fingerprint density at radius 1 is 0.812 bits per heavy atom. The van der Waals surface area contributed by atoms with E-state index in [1.165, 1.54) is 38.5 Å². The molecule has 0 heterocycles. The molecule has 2 aliphatic rings. The van der Waals surface area contributed by atoms with E-state index in [1.807, 2.05) is 0 Å². The topological polar surface area (TPSA) is 37.3 Å². The van der Waals surface area contributed by atoms with E-state index in [9.17, 15) is 9.46 Å². The molecule has 0 amide bonds. The summed E-state index contributed by atoms with van der Waals surface area (Å²) in [5.41, 5.74) is 0.295. The molecule has 1 N–H and O–H groups in total. The second-order valence-corrected chi connectivity index (χ2v) is 8.06. The molecule has 0 bridgehead atoms. The van der Waals surface area contributed by atoms with E-state index >= 15 is 0 Å². The summed E-state index contributed by atoms with van der Waals surface area (Å²) >= 11 is 0. The van der Waals surface area contributed by atoms with E-state index in [0.717, 1.165) is 25.7 Å². The van der Waals surface area contributed by atoms with Gasteiger partial charge in [0.2, 0.25) is 7.37 Å². The third kappa shape index (κ3) is 3.47. The van der Waals surface area contributed by atoms with Gasteiger partial charge >= 0.3 is 23.1 Å². The Hall–Kier alpha value is 0.956. The molecule has 0 radical (unpaired) electrons. The van der Waals surface area contributed by atoms with Crippen LogP contribution in [-0.4, -0.2) is 39.3 Å². The van der Waals surface area contributed by atoms with Crippen LogP contribution in [0.25, 0.3) is 0 Å². The van der Waals surface area contributed by atoms with Gasteiger partial charge in [-0.2, -0.15) is 0 Å². The Kier molecular flexibility index (Phi) is 6.36. The van der Waals surface area contributed by atoms with Crippen molar-refractivity contribution in [1.82, 2.24) is 0 Å². The molecule has 4 heteroatoms. The largest absolute Gasteiger partial charge is 2.00 e. The Bertz CT molecular complexity index is 232. The van der Waals surface area contributed by atoms with Crippen molar-refractivity contribution in [2.75, 3.05) is 0 Å². The fraction of sp³-hybridized carbons (Fsp3) is 1.00. The van der Waals surface area contributed by atoms with Crippen molar-refractivity contribution in [2.24, 2.45) is 0 Å². The molecule has 0 aromatic rings. The molecular weight excluding hydrogens is 231 g/mol. The normalized spacial score (nSPS) is 25.1. The van der Waals surface area contributed by atoms with Crippen LogP contribution >= 0.6 is 7.37 Å². The zero-order valence-electron chi connectivity index (χ0n) is 12.2. The first kappa shape index (κ1) is 15.0. The van der Waals surface area contributed by atoms with Gasteiger partial charge in [0, 0.05) is 11.3 Å². The smallest absolute Gasteiger partial charge is 1.00 e. The van der Waals surface area contributed by atoms with E-state index in [1.54, 1.807) is 0 Å². The molecule has 0 atom stereocenters. The standard InChI is InChI=1S/C12H23O2P.Mg.2H/c13-15(14,11-7-3-1-4-8-11)12-9-5-2-6-10-12;;;/h11-12H,1-10H2,(H,13,14);;;/q;+2;2*-1. The number of hydrogen-bond donors (Lipinski definition) is 1. The molecule has 0 saturated heterocycles. The third-order valence-corrected chi connectivity index (χ3v) is 7.32. The van der Waals surface area contributed by atoms with Gasteiger partial charge in [0.05, 0.1) is 0 Å². The van der Waals surface area contributed by atoms with E-state index in [0.29, 0.717) is 0 Å². The van der Waals surface area contributed by atoms with Gasteiger partial charge in [-0.25, -0.2) is 0 Å². The van der Waals surface area contributed by atoms with Gasteiger partial charge in [0.1, 0.15) is 0 Å². The molecule has 0 unspecified atom stereocenters. The van der Waals surface area contributed by atoms with Gasteiger partial charge in [-0.1, -0.05) is 38.5 Å². The first-order valence-electron chi connectivity index (χ1n) is 6.53. The van der Waals surface area contributed by atoms with Crippen molar-refractivity contribution in [3.8, 4) is 0 Å². The van der Waals surface area contributed by atoms with Crippen molar-refractivity contribution in [2.45, 2.75) is 75.5 Å². The minimum Gasteiger partial charge on any atom is -1.00 e. The summed E-state index contributed by atoms with van der Waals surface area (Å²) in [7, 11) is -2.84. The van der Waals surface area contributed by atoms with Crippen LogP contribution < -0.4 is 0 Å². The summed E-state index contributed by atoms with van der Waals surface area (Å²) in [6.45, 7) is 0. The maximum absolute atomic E-state index is 12.5. The molecule has 2 fully saturated rings. The van der Waals surface area contributed by atoms with Crippen LogP contribution in [0.2, 0.25) is 0 Å². The van der Waals surface area contributed by atoms with Gasteiger partial charge in [0.15, 0.2) is 0 Å². The van der Waals surface area contributed by atoms with Gasteiger partial charge < -0.3 is 7.75 Å². The first-order valence-corrected chi connectivity index (χ1v) is 8.33. The Labute approximate surface area is 118 Å². The van der Waals surface area contributed by atoms with Crippen LogP contribution in [-0.2, 0) is 4.57 Å². The molecule has 0 aliphatic heterocycles. The maximum atomic E-state index is 12.5. The fourth-order valence-electron chi connectivity index (χ4n) is 3.20. The van der Waals surface area contributed by atoms with Crippen LogP contribution in [0.5, 0.6) is 0 Å². The van der Waals surface area contributed by atoms with E-state index in [-0.39, 0.29) is 37.2 Å². The Morgan fingerprint density at radius 2 is 1.12 bits per heavy atom. The second kappa shape index (κ2) is 6.77. The summed E-state index contributed by atoms with van der Waals surface area (Å²) in [5, 5.41) is 0.